The number of hydrogen-bond donors (Lipinski definition) is 2. The molecule has 0 heterocycles. The summed E-state index contributed by atoms with van der Waals surface area (Å²) in [6.07, 6.45) is -0.782. The van der Waals surface area contributed by atoms with Crippen molar-refractivity contribution in [3.63, 3.8) is 0 Å². The van der Waals surface area contributed by atoms with Crippen LogP contribution in [0.2, 0.25) is 0 Å². The van der Waals surface area contributed by atoms with Gasteiger partial charge >= 0.3 is 12.1 Å². The number of carbonyl (C=O) groups excluding carboxylic acids is 2. The fourth-order valence-corrected chi connectivity index (χ4v) is 1.81. The smallest absolute Gasteiger partial charge is 0.412 e. The van der Waals surface area contributed by atoms with E-state index >= 15 is 0 Å². The van der Waals surface area contributed by atoms with E-state index in [0.29, 0.717) is 0 Å². The van der Waals surface area contributed by atoms with Crippen LogP contribution in [-0.4, -0.2) is 24.3 Å². The predicted molar refractivity (Wildman–Crippen MR) is 79.7 cm³/mol. The van der Waals surface area contributed by atoms with E-state index < -0.39 is 12.1 Å². The van der Waals surface area contributed by atoms with Crippen LogP contribution < -0.4 is 5.32 Å². The van der Waals surface area contributed by atoms with Crippen LogP contribution in [0.1, 0.15) is 15.9 Å². The van der Waals surface area contributed by atoms with Crippen LogP contribution in [0.5, 0.6) is 5.75 Å². The third-order valence-electron chi connectivity index (χ3n) is 2.89. The Balaban J connectivity index is 2.07. The van der Waals surface area contributed by atoms with Gasteiger partial charge in [-0.15, -0.1) is 0 Å². The standard InChI is InChI=1S/C16H15NO5/c1-21-15(19)12-8-5-9-13(18)14(12)17-16(20)22-10-11-6-3-2-4-7-11/h2-9,18H,10H2,1H3,(H,17,20). The fraction of sp³-hybridized carbons (Fsp3) is 0.125. The second-order valence-electron chi connectivity index (χ2n) is 4.38. The van der Waals surface area contributed by atoms with Crippen molar-refractivity contribution in [2.75, 3.05) is 12.4 Å². The number of phenolic OH excluding ortho intramolecular Hbond substituents is 1. The molecule has 0 spiro atoms. The zero-order chi connectivity index (χ0) is 15.9. The Morgan fingerprint density at radius 3 is 2.50 bits per heavy atom. The second kappa shape index (κ2) is 7.12. The van der Waals surface area contributed by atoms with Gasteiger partial charge in [-0.05, 0) is 17.7 Å². The molecule has 2 aromatic rings. The molecule has 6 heteroatoms. The first-order valence-corrected chi connectivity index (χ1v) is 6.50. The SMILES string of the molecule is COC(=O)c1cccc(O)c1NC(=O)OCc1ccccc1. The van der Waals surface area contributed by atoms with E-state index in [-0.39, 0.29) is 23.6 Å². The number of carbonyl (C=O) groups is 2. The lowest BCUT2D eigenvalue weighted by molar-refractivity contribution is 0.0601. The van der Waals surface area contributed by atoms with Gasteiger partial charge in [-0.3, -0.25) is 5.32 Å². The van der Waals surface area contributed by atoms with Crippen LogP contribution in [0.25, 0.3) is 0 Å². The Morgan fingerprint density at radius 2 is 1.82 bits per heavy atom. The van der Waals surface area contributed by atoms with Crippen molar-refractivity contribution >= 4 is 17.7 Å². The molecule has 0 aliphatic carbocycles. The van der Waals surface area contributed by atoms with E-state index in [1.165, 1.54) is 25.3 Å². The van der Waals surface area contributed by atoms with Gasteiger partial charge in [0.1, 0.15) is 18.0 Å². The molecular weight excluding hydrogens is 286 g/mol. The van der Waals surface area contributed by atoms with E-state index in [4.69, 9.17) is 4.74 Å². The second-order valence-corrected chi connectivity index (χ2v) is 4.38. The van der Waals surface area contributed by atoms with Crippen LogP contribution in [0, 0.1) is 0 Å². The summed E-state index contributed by atoms with van der Waals surface area (Å²) in [5, 5.41) is 12.1. The lowest BCUT2D eigenvalue weighted by atomic mass is 10.1. The zero-order valence-electron chi connectivity index (χ0n) is 11.9. The molecule has 0 saturated carbocycles. The van der Waals surface area contributed by atoms with Crippen molar-refractivity contribution < 1.29 is 24.2 Å². The monoisotopic (exact) mass is 301 g/mol. The summed E-state index contributed by atoms with van der Waals surface area (Å²) in [6, 6.07) is 13.4. The number of amides is 1. The average molecular weight is 301 g/mol. The summed E-state index contributed by atoms with van der Waals surface area (Å²) in [4.78, 5) is 23.4. The van der Waals surface area contributed by atoms with Crippen molar-refractivity contribution in [3.05, 3.63) is 59.7 Å². The van der Waals surface area contributed by atoms with Crippen LogP contribution >= 0.6 is 0 Å². The molecule has 0 aliphatic heterocycles. The van der Waals surface area contributed by atoms with E-state index in [0.717, 1.165) is 5.56 Å². The highest BCUT2D eigenvalue weighted by Crippen LogP contribution is 2.28. The van der Waals surface area contributed by atoms with E-state index in [1.54, 1.807) is 0 Å². The van der Waals surface area contributed by atoms with Gasteiger partial charge in [0.25, 0.3) is 0 Å². The van der Waals surface area contributed by atoms with Gasteiger partial charge in [-0.25, -0.2) is 9.59 Å². The molecule has 22 heavy (non-hydrogen) atoms. The number of anilines is 1. The van der Waals surface area contributed by atoms with Gasteiger partial charge in [0.2, 0.25) is 0 Å². The first kappa shape index (κ1) is 15.4. The maximum absolute atomic E-state index is 11.8. The zero-order valence-corrected chi connectivity index (χ0v) is 11.9. The number of para-hydroxylation sites is 1. The van der Waals surface area contributed by atoms with Gasteiger partial charge in [-0.1, -0.05) is 36.4 Å². The summed E-state index contributed by atoms with van der Waals surface area (Å²) in [5.74, 6) is -0.922. The maximum Gasteiger partial charge on any atom is 0.412 e. The Kier molecular flexibility index (Phi) is 4.98. The van der Waals surface area contributed by atoms with Crippen molar-refractivity contribution in [2.24, 2.45) is 0 Å². The minimum absolute atomic E-state index is 0.0409. The molecule has 0 radical (unpaired) electrons. The van der Waals surface area contributed by atoms with Crippen molar-refractivity contribution in [3.8, 4) is 5.75 Å². The molecule has 0 fully saturated rings. The number of esters is 1. The number of rotatable bonds is 4. The van der Waals surface area contributed by atoms with E-state index in [1.807, 2.05) is 30.3 Å². The van der Waals surface area contributed by atoms with Crippen molar-refractivity contribution in [1.82, 2.24) is 0 Å². The van der Waals surface area contributed by atoms with Gasteiger partial charge in [0.05, 0.1) is 12.7 Å². The third kappa shape index (κ3) is 3.76. The number of phenols is 1. The lowest BCUT2D eigenvalue weighted by Crippen LogP contribution is -2.16. The summed E-state index contributed by atoms with van der Waals surface area (Å²) < 4.78 is 9.64. The lowest BCUT2D eigenvalue weighted by Gasteiger charge is -2.11. The van der Waals surface area contributed by atoms with Crippen molar-refractivity contribution in [1.29, 1.82) is 0 Å². The molecular formula is C16H15NO5. The molecule has 6 nitrogen and oxygen atoms in total. The molecule has 0 atom stereocenters. The van der Waals surface area contributed by atoms with Crippen LogP contribution in [0.4, 0.5) is 10.5 Å². The largest absolute Gasteiger partial charge is 0.506 e. The summed E-state index contributed by atoms with van der Waals surface area (Å²) in [7, 11) is 1.21. The molecule has 2 aromatic carbocycles. The first-order valence-electron chi connectivity index (χ1n) is 6.50. The van der Waals surface area contributed by atoms with Crippen LogP contribution in [0.15, 0.2) is 48.5 Å². The number of benzene rings is 2. The Hall–Kier alpha value is -3.02. The Bertz CT molecular complexity index is 669. The summed E-state index contributed by atoms with van der Waals surface area (Å²) >= 11 is 0. The topological polar surface area (TPSA) is 84.9 Å². The van der Waals surface area contributed by atoms with Crippen LogP contribution in [0.3, 0.4) is 0 Å². The molecule has 0 bridgehead atoms. The summed E-state index contributed by atoms with van der Waals surface area (Å²) in [5.41, 5.74) is 0.815. The number of methoxy groups -OCH3 is 1. The van der Waals surface area contributed by atoms with Gasteiger partial charge in [0, 0.05) is 0 Å². The molecule has 0 aliphatic rings. The average Bonchev–Trinajstić information content (AvgIpc) is 2.55. The predicted octanol–water partition coefficient (Wildman–Crippen LogP) is 2.93. The highest BCUT2D eigenvalue weighted by Gasteiger charge is 2.17. The quantitative estimate of drug-likeness (QED) is 0.670. The van der Waals surface area contributed by atoms with Gasteiger partial charge in [0.15, 0.2) is 0 Å². The maximum atomic E-state index is 11.8. The number of hydrogen-bond acceptors (Lipinski definition) is 5. The number of nitrogens with one attached hydrogen (secondary N) is 1. The van der Waals surface area contributed by atoms with Crippen LogP contribution in [-0.2, 0) is 16.1 Å². The Morgan fingerprint density at radius 1 is 1.09 bits per heavy atom. The molecule has 0 saturated heterocycles. The molecule has 2 N–H and O–H groups in total. The van der Waals surface area contributed by atoms with Gasteiger partial charge < -0.3 is 14.6 Å². The Labute approximate surface area is 127 Å². The highest BCUT2D eigenvalue weighted by molar-refractivity contribution is 6.01. The highest BCUT2D eigenvalue weighted by atomic mass is 16.5. The molecule has 114 valence electrons. The van der Waals surface area contributed by atoms with Gasteiger partial charge in [-0.2, -0.15) is 0 Å². The number of ether oxygens (including phenoxy) is 2. The van der Waals surface area contributed by atoms with E-state index in [9.17, 15) is 14.7 Å². The number of aromatic hydroxyl groups is 1. The normalized spacial score (nSPS) is 9.86. The minimum Gasteiger partial charge on any atom is -0.506 e. The first-order chi connectivity index (χ1) is 10.6. The third-order valence-corrected chi connectivity index (χ3v) is 2.89. The molecule has 0 unspecified atom stereocenters. The molecule has 1 amide bonds. The summed E-state index contributed by atoms with van der Waals surface area (Å²) in [6.45, 7) is 0.0772. The van der Waals surface area contributed by atoms with E-state index in [2.05, 4.69) is 10.1 Å². The minimum atomic E-state index is -0.782. The molecule has 0 aromatic heterocycles. The fourth-order valence-electron chi connectivity index (χ4n) is 1.81. The van der Waals surface area contributed by atoms with Crippen molar-refractivity contribution in [2.45, 2.75) is 6.61 Å². The molecule has 2 rings (SSSR count).